The molecule has 0 radical (unpaired) electrons. The lowest BCUT2D eigenvalue weighted by Gasteiger charge is -2.14. The number of pyridine rings is 1. The molecule has 0 spiro atoms. The van der Waals surface area contributed by atoms with Crippen molar-refractivity contribution in [3.63, 3.8) is 0 Å². The highest BCUT2D eigenvalue weighted by atomic mass is 16.4. The van der Waals surface area contributed by atoms with E-state index in [1.54, 1.807) is 12.3 Å². The molecule has 2 heterocycles. The van der Waals surface area contributed by atoms with E-state index in [0.29, 0.717) is 5.65 Å². The van der Waals surface area contributed by atoms with Gasteiger partial charge in [-0.3, -0.25) is 9.20 Å². The summed E-state index contributed by atoms with van der Waals surface area (Å²) in [6.45, 7) is 1.86. The van der Waals surface area contributed by atoms with Crippen LogP contribution in [0.15, 0.2) is 23.1 Å². The molecule has 1 fully saturated rings. The number of fused-ring (bicyclic) bond motifs is 1. The summed E-state index contributed by atoms with van der Waals surface area (Å²) >= 11 is 0. The average molecular weight is 288 g/mol. The Balaban J connectivity index is 2.20. The minimum atomic E-state index is -0.996. The molecule has 6 nitrogen and oxygen atoms in total. The Labute approximate surface area is 121 Å². The number of aryl methyl sites for hydroxylation is 1. The monoisotopic (exact) mass is 288 g/mol. The molecule has 21 heavy (non-hydrogen) atoms. The molecule has 6 heteroatoms. The Bertz CT molecular complexity index is 761. The van der Waals surface area contributed by atoms with E-state index in [-0.39, 0.29) is 17.4 Å². The summed E-state index contributed by atoms with van der Waals surface area (Å²) in [5.41, 5.74) is 0.718. The first-order valence-corrected chi connectivity index (χ1v) is 7.12. The van der Waals surface area contributed by atoms with Gasteiger partial charge in [0.15, 0.2) is 5.82 Å². The van der Waals surface area contributed by atoms with Crippen molar-refractivity contribution in [2.24, 2.45) is 0 Å². The van der Waals surface area contributed by atoms with Gasteiger partial charge in [-0.25, -0.2) is 4.98 Å². The number of anilines is 1. The Morgan fingerprint density at radius 1 is 1.43 bits per heavy atom. The number of carbonyl (C=O) groups is 1. The van der Waals surface area contributed by atoms with E-state index in [1.165, 1.54) is 4.40 Å². The molecular formula is C15H18N3O3+. The van der Waals surface area contributed by atoms with E-state index in [2.05, 4.69) is 10.3 Å². The van der Waals surface area contributed by atoms with Gasteiger partial charge in [0, 0.05) is 17.0 Å². The van der Waals surface area contributed by atoms with Gasteiger partial charge in [-0.1, -0.05) is 18.9 Å². The number of nitrogens with one attached hydrogen (secondary N) is 1. The number of rotatable bonds is 3. The van der Waals surface area contributed by atoms with Crippen LogP contribution in [0.3, 0.4) is 0 Å². The summed E-state index contributed by atoms with van der Waals surface area (Å²) in [5, 5.41) is 10.6. The maximum absolute atomic E-state index is 12.5. The van der Waals surface area contributed by atoms with Crippen LogP contribution in [0.5, 0.6) is 0 Å². The molecule has 0 unspecified atom stereocenters. The number of carbonyl (C=O) groups excluding carboxylic acids is 1. The van der Waals surface area contributed by atoms with Crippen LogP contribution < -0.4 is 10.9 Å². The lowest BCUT2D eigenvalue weighted by Crippen LogP contribution is -2.28. The van der Waals surface area contributed by atoms with Crippen molar-refractivity contribution in [1.82, 2.24) is 9.38 Å². The van der Waals surface area contributed by atoms with Crippen LogP contribution in [-0.2, 0) is 0 Å². The van der Waals surface area contributed by atoms with Crippen LogP contribution in [0.1, 0.15) is 41.6 Å². The third-order valence-electron chi connectivity index (χ3n) is 3.97. The topological polar surface area (TPSA) is 86.4 Å². The molecule has 0 aliphatic heterocycles. The summed E-state index contributed by atoms with van der Waals surface area (Å²) < 4.78 is 1.33. The van der Waals surface area contributed by atoms with Gasteiger partial charge in [0.2, 0.25) is 5.56 Å². The molecule has 2 aromatic heterocycles. The first kappa shape index (κ1) is 13.6. The Morgan fingerprint density at radius 2 is 2.14 bits per heavy atom. The van der Waals surface area contributed by atoms with Gasteiger partial charge in [0.05, 0.1) is 0 Å². The predicted molar refractivity (Wildman–Crippen MR) is 80.0 cm³/mol. The number of nitrogens with zero attached hydrogens (tertiary/aromatic N) is 2. The van der Waals surface area contributed by atoms with Crippen LogP contribution >= 0.6 is 0 Å². The molecule has 3 N–H and O–H groups in total. The summed E-state index contributed by atoms with van der Waals surface area (Å²) in [6, 6.07) is 3.82. The van der Waals surface area contributed by atoms with Crippen LogP contribution in [0, 0.1) is 6.92 Å². The van der Waals surface area contributed by atoms with Gasteiger partial charge in [0.1, 0.15) is 5.65 Å². The SMILES string of the molecule is Cc1cccn2c(=O)c(C(=O)[OH2+])c(NC3CCCC3)nc12. The molecule has 0 bridgehead atoms. The molecule has 3 rings (SSSR count). The second kappa shape index (κ2) is 5.20. The first-order chi connectivity index (χ1) is 10.1. The van der Waals surface area contributed by atoms with Crippen LogP contribution in [-0.4, -0.2) is 26.5 Å². The Morgan fingerprint density at radius 3 is 2.81 bits per heavy atom. The smallest absolute Gasteiger partial charge is 0.558 e. The maximum Gasteiger partial charge on any atom is 0.558 e. The molecule has 1 saturated carbocycles. The van der Waals surface area contributed by atoms with Gasteiger partial charge in [-0.2, -0.15) is 0 Å². The summed E-state index contributed by atoms with van der Waals surface area (Å²) in [5.74, 6) is -0.745. The molecule has 2 aromatic rings. The molecule has 1 aliphatic carbocycles. The highest BCUT2D eigenvalue weighted by Gasteiger charge is 2.27. The fraction of sp³-hybridized carbons (Fsp3) is 0.400. The first-order valence-electron chi connectivity index (χ1n) is 7.12. The normalized spacial score (nSPS) is 15.5. The van der Waals surface area contributed by atoms with Crippen molar-refractivity contribution >= 4 is 17.4 Å². The lowest BCUT2D eigenvalue weighted by molar-refractivity contribution is 0.0695. The molecule has 110 valence electrons. The maximum atomic E-state index is 12.5. The Hall–Kier alpha value is -2.37. The fourth-order valence-electron chi connectivity index (χ4n) is 2.87. The van der Waals surface area contributed by atoms with E-state index in [0.717, 1.165) is 31.2 Å². The third kappa shape index (κ3) is 2.37. The fourth-order valence-corrected chi connectivity index (χ4v) is 2.87. The van der Waals surface area contributed by atoms with Crippen LogP contribution in [0.2, 0.25) is 0 Å². The molecule has 1 aliphatic rings. The van der Waals surface area contributed by atoms with E-state index >= 15 is 0 Å². The van der Waals surface area contributed by atoms with Crippen molar-refractivity contribution in [3.05, 3.63) is 39.8 Å². The summed E-state index contributed by atoms with van der Waals surface area (Å²) in [4.78, 5) is 28.5. The van der Waals surface area contributed by atoms with Crippen LogP contribution in [0.4, 0.5) is 5.82 Å². The van der Waals surface area contributed by atoms with E-state index < -0.39 is 11.5 Å². The predicted octanol–water partition coefficient (Wildman–Crippen LogP) is 1.22. The van der Waals surface area contributed by atoms with Gasteiger partial charge in [0.25, 0.3) is 5.56 Å². The van der Waals surface area contributed by atoms with Crippen LogP contribution in [0.25, 0.3) is 5.65 Å². The zero-order valence-electron chi connectivity index (χ0n) is 11.8. The summed E-state index contributed by atoms with van der Waals surface area (Å²) in [7, 11) is 0. The minimum absolute atomic E-state index is 0.176. The highest BCUT2D eigenvalue weighted by Crippen LogP contribution is 2.23. The molecule has 0 aromatic carbocycles. The zero-order valence-corrected chi connectivity index (χ0v) is 11.8. The third-order valence-corrected chi connectivity index (χ3v) is 3.97. The average Bonchev–Trinajstić information content (AvgIpc) is 2.93. The molecule has 0 atom stereocenters. The molecular weight excluding hydrogens is 270 g/mol. The standard InChI is InChI=1S/C15H17N3O3/c1-9-5-4-8-18-13(9)17-12(11(14(18)19)15(20)21)16-10-6-2-3-7-10/h4-5,8,10,16H,2-3,6-7H2,1H3,(H,20,21)/p+1. The second-order valence-electron chi connectivity index (χ2n) is 5.48. The Kier molecular flexibility index (Phi) is 3.37. The van der Waals surface area contributed by atoms with Crippen molar-refractivity contribution in [2.45, 2.75) is 38.6 Å². The van der Waals surface area contributed by atoms with Crippen molar-refractivity contribution in [3.8, 4) is 0 Å². The largest absolute Gasteiger partial charge is 0.561 e. The van der Waals surface area contributed by atoms with Gasteiger partial charge < -0.3 is 10.4 Å². The van der Waals surface area contributed by atoms with Gasteiger partial charge in [-0.05, 0) is 31.4 Å². The minimum Gasteiger partial charge on any atom is -0.561 e. The quantitative estimate of drug-likeness (QED) is 0.860. The number of hydrogen-bond donors (Lipinski definition) is 1. The van der Waals surface area contributed by atoms with E-state index in [1.807, 2.05) is 13.0 Å². The van der Waals surface area contributed by atoms with Crippen molar-refractivity contribution in [2.75, 3.05) is 5.32 Å². The van der Waals surface area contributed by atoms with Crippen molar-refractivity contribution in [1.29, 1.82) is 0 Å². The molecule has 0 saturated heterocycles. The zero-order chi connectivity index (χ0) is 15.0. The number of aromatic nitrogens is 2. The van der Waals surface area contributed by atoms with Crippen molar-refractivity contribution < 1.29 is 9.90 Å². The van der Waals surface area contributed by atoms with E-state index in [4.69, 9.17) is 5.11 Å². The highest BCUT2D eigenvalue weighted by molar-refractivity contribution is 5.93. The van der Waals surface area contributed by atoms with Gasteiger partial charge in [-0.15, -0.1) is 0 Å². The second-order valence-corrected chi connectivity index (χ2v) is 5.48. The number of hydrogen-bond acceptors (Lipinski definition) is 4. The van der Waals surface area contributed by atoms with E-state index in [9.17, 15) is 9.59 Å². The lowest BCUT2D eigenvalue weighted by atomic mass is 10.2. The molecule has 0 amide bonds. The summed E-state index contributed by atoms with van der Waals surface area (Å²) in [6.07, 6.45) is 5.84. The van der Waals surface area contributed by atoms with Gasteiger partial charge >= 0.3 is 5.97 Å².